The van der Waals surface area contributed by atoms with Gasteiger partial charge in [-0.1, -0.05) is 11.6 Å². The summed E-state index contributed by atoms with van der Waals surface area (Å²) in [7, 11) is 0. The van der Waals surface area contributed by atoms with Crippen molar-refractivity contribution in [3.63, 3.8) is 0 Å². The fraction of sp³-hybridized carbons (Fsp3) is 0.522. The third-order valence-corrected chi connectivity index (χ3v) is 6.14. The topological polar surface area (TPSA) is 85.7 Å². The highest BCUT2D eigenvalue weighted by molar-refractivity contribution is 6.01. The molecule has 4 rings (SSSR count). The Morgan fingerprint density at radius 1 is 1.23 bits per heavy atom. The van der Waals surface area contributed by atoms with Crippen molar-refractivity contribution in [2.75, 3.05) is 31.6 Å². The molecule has 1 aromatic heterocycles. The maximum atomic E-state index is 13.4. The second-order valence-corrected chi connectivity index (χ2v) is 8.47. The minimum atomic E-state index is -0.548. The first-order valence-corrected chi connectivity index (χ1v) is 10.8. The van der Waals surface area contributed by atoms with Crippen LogP contribution in [0.2, 0.25) is 0 Å². The van der Waals surface area contributed by atoms with Gasteiger partial charge < -0.3 is 19.7 Å². The molecule has 166 valence electrons. The van der Waals surface area contributed by atoms with Crippen molar-refractivity contribution in [1.82, 2.24) is 14.7 Å². The number of carbonyl (C=O) groups is 2. The van der Waals surface area contributed by atoms with Gasteiger partial charge in [-0.2, -0.15) is 5.10 Å². The monoisotopic (exact) mass is 426 g/mol. The molecular formula is C23H30N4O4. The van der Waals surface area contributed by atoms with Crippen molar-refractivity contribution in [3.05, 3.63) is 40.7 Å². The number of nitrogens with one attached hydrogen (secondary N) is 1. The van der Waals surface area contributed by atoms with Crippen LogP contribution in [-0.2, 0) is 16.1 Å². The zero-order valence-corrected chi connectivity index (χ0v) is 18.7. The standard InChI is InChI=1S/C23H30N4O4/c1-5-27-17(4)21(16(3)25-27)24-20(28)13-26-14-23(8-10-30-11-9-23)31-19-7-6-15(2)12-18(19)22(26)29/h6-7,12H,5,8-11,13-14H2,1-4H3,(H,24,28). The first-order chi connectivity index (χ1) is 14.8. The van der Waals surface area contributed by atoms with Gasteiger partial charge in [-0.15, -0.1) is 0 Å². The molecule has 8 heteroatoms. The summed E-state index contributed by atoms with van der Waals surface area (Å²) >= 11 is 0. The van der Waals surface area contributed by atoms with Crippen molar-refractivity contribution < 1.29 is 19.1 Å². The van der Waals surface area contributed by atoms with Crippen LogP contribution in [0.3, 0.4) is 0 Å². The number of hydrogen-bond acceptors (Lipinski definition) is 5. The van der Waals surface area contributed by atoms with Gasteiger partial charge in [0.05, 0.1) is 42.4 Å². The molecule has 1 N–H and O–H groups in total. The second kappa shape index (κ2) is 8.34. The van der Waals surface area contributed by atoms with Crippen LogP contribution in [0.25, 0.3) is 0 Å². The van der Waals surface area contributed by atoms with Crippen LogP contribution in [0.5, 0.6) is 5.75 Å². The first kappa shape index (κ1) is 21.4. The quantitative estimate of drug-likeness (QED) is 0.813. The van der Waals surface area contributed by atoms with E-state index in [9.17, 15) is 9.59 Å². The average Bonchev–Trinajstić information content (AvgIpc) is 2.96. The second-order valence-electron chi connectivity index (χ2n) is 8.47. The molecule has 0 bridgehead atoms. The Kier molecular flexibility index (Phi) is 5.75. The molecule has 2 amide bonds. The highest BCUT2D eigenvalue weighted by Crippen LogP contribution is 2.35. The molecule has 0 unspecified atom stereocenters. The van der Waals surface area contributed by atoms with Crippen LogP contribution < -0.4 is 10.1 Å². The van der Waals surface area contributed by atoms with Gasteiger partial charge >= 0.3 is 0 Å². The molecule has 2 aromatic rings. The molecule has 2 aliphatic rings. The zero-order chi connectivity index (χ0) is 22.2. The largest absolute Gasteiger partial charge is 0.484 e. The lowest BCUT2D eigenvalue weighted by molar-refractivity contribution is -0.117. The number of rotatable bonds is 4. The Hall–Kier alpha value is -2.87. The molecule has 1 fully saturated rings. The molecule has 1 spiro atoms. The Bertz CT molecular complexity index is 1010. The lowest BCUT2D eigenvalue weighted by Gasteiger charge is -2.38. The SMILES string of the molecule is CCn1nc(C)c(NC(=O)CN2CC3(CCOCC3)Oc3ccc(C)cc3C2=O)c1C. The number of amides is 2. The Balaban J connectivity index is 1.61. The summed E-state index contributed by atoms with van der Waals surface area (Å²) in [5.74, 6) is 0.153. The van der Waals surface area contributed by atoms with Gasteiger partial charge in [0.25, 0.3) is 5.91 Å². The molecule has 0 aliphatic carbocycles. The Labute approximate surface area is 182 Å². The van der Waals surface area contributed by atoms with E-state index >= 15 is 0 Å². The van der Waals surface area contributed by atoms with Crippen molar-refractivity contribution in [1.29, 1.82) is 0 Å². The van der Waals surface area contributed by atoms with Gasteiger partial charge in [-0.3, -0.25) is 14.3 Å². The van der Waals surface area contributed by atoms with E-state index in [1.54, 1.807) is 4.90 Å². The lowest BCUT2D eigenvalue weighted by atomic mass is 9.93. The minimum absolute atomic E-state index is 0.0473. The van der Waals surface area contributed by atoms with Crippen LogP contribution in [-0.4, -0.2) is 58.4 Å². The predicted molar refractivity (Wildman–Crippen MR) is 116 cm³/mol. The fourth-order valence-corrected chi connectivity index (χ4v) is 4.42. The summed E-state index contributed by atoms with van der Waals surface area (Å²) in [5, 5.41) is 7.42. The van der Waals surface area contributed by atoms with Gasteiger partial charge in [0.1, 0.15) is 17.9 Å². The molecule has 31 heavy (non-hydrogen) atoms. The van der Waals surface area contributed by atoms with E-state index in [4.69, 9.17) is 9.47 Å². The van der Waals surface area contributed by atoms with E-state index in [1.165, 1.54) is 0 Å². The molecule has 0 atom stereocenters. The van der Waals surface area contributed by atoms with E-state index in [-0.39, 0.29) is 18.4 Å². The van der Waals surface area contributed by atoms with Crippen LogP contribution in [0.4, 0.5) is 5.69 Å². The van der Waals surface area contributed by atoms with Crippen LogP contribution >= 0.6 is 0 Å². The summed E-state index contributed by atoms with van der Waals surface area (Å²) in [4.78, 5) is 28.0. The first-order valence-electron chi connectivity index (χ1n) is 10.8. The Morgan fingerprint density at radius 2 is 1.97 bits per heavy atom. The molecular weight excluding hydrogens is 396 g/mol. The maximum Gasteiger partial charge on any atom is 0.258 e. The molecule has 0 radical (unpaired) electrons. The number of aromatic nitrogens is 2. The van der Waals surface area contributed by atoms with Gasteiger partial charge in [-0.25, -0.2) is 0 Å². The van der Waals surface area contributed by atoms with Crippen molar-refractivity contribution in [2.24, 2.45) is 0 Å². The molecule has 0 saturated carbocycles. The maximum absolute atomic E-state index is 13.4. The van der Waals surface area contributed by atoms with Crippen LogP contribution in [0.1, 0.15) is 47.1 Å². The summed E-state index contributed by atoms with van der Waals surface area (Å²) in [5.41, 5.74) is 3.31. The van der Waals surface area contributed by atoms with E-state index in [2.05, 4.69) is 10.4 Å². The molecule has 3 heterocycles. The third kappa shape index (κ3) is 4.17. The van der Waals surface area contributed by atoms with Crippen molar-refractivity contribution >= 4 is 17.5 Å². The molecule has 1 aromatic carbocycles. The van der Waals surface area contributed by atoms with E-state index in [0.717, 1.165) is 23.5 Å². The fourth-order valence-electron chi connectivity index (χ4n) is 4.42. The average molecular weight is 427 g/mol. The normalized spacial score (nSPS) is 17.8. The van der Waals surface area contributed by atoms with Crippen LogP contribution in [0.15, 0.2) is 18.2 Å². The molecule has 1 saturated heterocycles. The summed E-state index contributed by atoms with van der Waals surface area (Å²) < 4.78 is 13.8. The van der Waals surface area contributed by atoms with Gasteiger partial charge in [0, 0.05) is 19.4 Å². The highest BCUT2D eigenvalue weighted by Gasteiger charge is 2.42. The predicted octanol–water partition coefficient (Wildman–Crippen LogP) is 2.85. The van der Waals surface area contributed by atoms with E-state index in [0.29, 0.717) is 49.6 Å². The van der Waals surface area contributed by atoms with Crippen LogP contribution in [0, 0.1) is 20.8 Å². The zero-order valence-electron chi connectivity index (χ0n) is 18.7. The minimum Gasteiger partial charge on any atom is -0.484 e. The number of anilines is 1. The number of nitrogens with zero attached hydrogens (tertiary/aromatic N) is 3. The van der Waals surface area contributed by atoms with Gasteiger partial charge in [-0.05, 0) is 39.8 Å². The Morgan fingerprint density at radius 3 is 2.65 bits per heavy atom. The summed E-state index contributed by atoms with van der Waals surface area (Å²) in [6.45, 7) is 9.93. The number of ether oxygens (including phenoxy) is 2. The van der Waals surface area contributed by atoms with Crippen molar-refractivity contribution in [3.8, 4) is 5.75 Å². The van der Waals surface area contributed by atoms with E-state index < -0.39 is 5.60 Å². The van der Waals surface area contributed by atoms with Gasteiger partial charge in [0.15, 0.2) is 0 Å². The number of carbonyl (C=O) groups excluding carboxylic acids is 2. The number of fused-ring (bicyclic) bond motifs is 1. The summed E-state index contributed by atoms with van der Waals surface area (Å²) in [6, 6.07) is 5.63. The van der Waals surface area contributed by atoms with Gasteiger partial charge in [0.2, 0.25) is 5.91 Å². The lowest BCUT2D eigenvalue weighted by Crippen LogP contribution is -2.52. The molecule has 8 nitrogen and oxygen atoms in total. The van der Waals surface area contributed by atoms with E-state index in [1.807, 2.05) is 50.6 Å². The number of benzene rings is 1. The molecule has 2 aliphatic heterocycles. The highest BCUT2D eigenvalue weighted by atomic mass is 16.5. The number of hydrogen-bond donors (Lipinski definition) is 1. The third-order valence-electron chi connectivity index (χ3n) is 6.14. The smallest absolute Gasteiger partial charge is 0.258 e. The van der Waals surface area contributed by atoms with Crippen molar-refractivity contribution in [2.45, 2.75) is 52.7 Å². The number of aryl methyl sites for hydroxylation is 3. The summed E-state index contributed by atoms with van der Waals surface area (Å²) in [6.07, 6.45) is 1.35.